The molecule has 1 aromatic rings. The molecule has 0 saturated carbocycles. The lowest BCUT2D eigenvalue weighted by Gasteiger charge is -2.02. The van der Waals surface area contributed by atoms with Crippen LogP contribution in [0.25, 0.3) is 0 Å². The topological polar surface area (TPSA) is 0 Å². The molecule has 60 valence electrons. The summed E-state index contributed by atoms with van der Waals surface area (Å²) in [6.07, 6.45) is 0.904. The second-order valence-electron chi connectivity index (χ2n) is 2.15. The first-order chi connectivity index (χ1) is 5.25. The first-order valence-corrected chi connectivity index (χ1v) is 5.36. The van der Waals surface area contributed by atoms with E-state index in [1.165, 1.54) is 5.56 Å². The van der Waals surface area contributed by atoms with Crippen LogP contribution in [0.5, 0.6) is 0 Å². The maximum atomic E-state index is 5.62. The van der Waals surface area contributed by atoms with Gasteiger partial charge in [0.2, 0.25) is 0 Å². The van der Waals surface area contributed by atoms with Crippen molar-refractivity contribution in [3.05, 3.63) is 32.7 Å². The van der Waals surface area contributed by atoms with Crippen LogP contribution in [0.1, 0.15) is 5.56 Å². The van der Waals surface area contributed by atoms with Crippen LogP contribution >= 0.6 is 43.5 Å². The minimum atomic E-state index is 0.662. The SMILES string of the molecule is ClCCc1cccc(Br)c1Br. The third-order valence-corrected chi connectivity index (χ3v) is 3.71. The highest BCUT2D eigenvalue weighted by Gasteiger charge is 2.01. The smallest absolute Gasteiger partial charge is 0.0349 e. The Balaban J connectivity index is 2.96. The van der Waals surface area contributed by atoms with Gasteiger partial charge in [0.1, 0.15) is 0 Å². The maximum absolute atomic E-state index is 5.62. The zero-order valence-electron chi connectivity index (χ0n) is 5.78. The van der Waals surface area contributed by atoms with Gasteiger partial charge < -0.3 is 0 Å². The molecule has 0 nitrogen and oxygen atoms in total. The molecule has 3 heteroatoms. The molecule has 0 aliphatic carbocycles. The van der Waals surface area contributed by atoms with E-state index >= 15 is 0 Å². The molecule has 0 aliphatic rings. The minimum absolute atomic E-state index is 0.662. The monoisotopic (exact) mass is 296 g/mol. The van der Waals surface area contributed by atoms with Crippen LogP contribution in [0.3, 0.4) is 0 Å². The summed E-state index contributed by atoms with van der Waals surface area (Å²) in [5, 5.41) is 0. The Hall–Kier alpha value is 0.470. The van der Waals surface area contributed by atoms with Gasteiger partial charge in [0.15, 0.2) is 0 Å². The van der Waals surface area contributed by atoms with Gasteiger partial charge >= 0.3 is 0 Å². The number of halogens is 3. The highest BCUT2D eigenvalue weighted by molar-refractivity contribution is 9.13. The predicted molar refractivity (Wildman–Crippen MR) is 56.3 cm³/mol. The normalized spacial score (nSPS) is 10.1. The summed E-state index contributed by atoms with van der Waals surface area (Å²) in [6, 6.07) is 6.08. The first kappa shape index (κ1) is 9.56. The molecule has 1 rings (SSSR count). The van der Waals surface area contributed by atoms with Crippen molar-refractivity contribution in [2.24, 2.45) is 0 Å². The fourth-order valence-corrected chi connectivity index (χ4v) is 1.92. The summed E-state index contributed by atoms with van der Waals surface area (Å²) in [5.74, 6) is 0.662. The molecule has 0 radical (unpaired) electrons. The predicted octanol–water partition coefficient (Wildman–Crippen LogP) is 3.99. The lowest BCUT2D eigenvalue weighted by Crippen LogP contribution is -1.87. The van der Waals surface area contributed by atoms with E-state index in [0.29, 0.717) is 5.88 Å². The molecule has 0 aromatic heterocycles. The molecular weight excluding hydrogens is 291 g/mol. The molecule has 0 aliphatic heterocycles. The van der Waals surface area contributed by atoms with Crippen LogP contribution in [0.15, 0.2) is 27.1 Å². The minimum Gasteiger partial charge on any atom is -0.126 e. The number of aryl methyl sites for hydroxylation is 1. The molecule has 0 spiro atoms. The van der Waals surface area contributed by atoms with E-state index in [0.717, 1.165) is 15.4 Å². The van der Waals surface area contributed by atoms with E-state index in [4.69, 9.17) is 11.6 Å². The maximum Gasteiger partial charge on any atom is 0.0349 e. The Kier molecular flexibility index (Phi) is 3.90. The van der Waals surface area contributed by atoms with E-state index in [9.17, 15) is 0 Å². The van der Waals surface area contributed by atoms with Crippen molar-refractivity contribution in [2.75, 3.05) is 5.88 Å². The van der Waals surface area contributed by atoms with Crippen LogP contribution in [-0.2, 0) is 6.42 Å². The fraction of sp³-hybridized carbons (Fsp3) is 0.250. The summed E-state index contributed by atoms with van der Waals surface area (Å²) in [5.41, 5.74) is 1.24. The number of hydrogen-bond acceptors (Lipinski definition) is 0. The van der Waals surface area contributed by atoms with E-state index in [2.05, 4.69) is 37.9 Å². The van der Waals surface area contributed by atoms with Crippen LogP contribution in [0.4, 0.5) is 0 Å². The summed E-state index contributed by atoms with van der Waals surface area (Å²) in [7, 11) is 0. The molecule has 1 aromatic carbocycles. The van der Waals surface area contributed by atoms with E-state index in [1.54, 1.807) is 0 Å². The van der Waals surface area contributed by atoms with Gasteiger partial charge in [-0.1, -0.05) is 12.1 Å². The van der Waals surface area contributed by atoms with Crippen molar-refractivity contribution in [2.45, 2.75) is 6.42 Å². The number of hydrogen-bond donors (Lipinski definition) is 0. The van der Waals surface area contributed by atoms with Crippen LogP contribution in [-0.4, -0.2) is 5.88 Å². The van der Waals surface area contributed by atoms with Gasteiger partial charge in [0.05, 0.1) is 0 Å². The Labute approximate surface area is 88.2 Å². The Morgan fingerprint density at radius 1 is 1.27 bits per heavy atom. The molecule has 0 heterocycles. The zero-order chi connectivity index (χ0) is 8.27. The largest absolute Gasteiger partial charge is 0.126 e. The van der Waals surface area contributed by atoms with Gasteiger partial charge in [-0.15, -0.1) is 11.6 Å². The Morgan fingerprint density at radius 2 is 2.00 bits per heavy atom. The number of rotatable bonds is 2. The van der Waals surface area contributed by atoms with Crippen LogP contribution < -0.4 is 0 Å². The molecule has 0 atom stereocenters. The Bertz CT molecular complexity index is 248. The third kappa shape index (κ3) is 2.46. The summed E-state index contributed by atoms with van der Waals surface area (Å²) in [6.45, 7) is 0. The highest BCUT2D eigenvalue weighted by Crippen LogP contribution is 2.26. The van der Waals surface area contributed by atoms with E-state index in [-0.39, 0.29) is 0 Å². The molecule has 0 fully saturated rings. The van der Waals surface area contributed by atoms with Crippen molar-refractivity contribution in [1.82, 2.24) is 0 Å². The van der Waals surface area contributed by atoms with Gasteiger partial charge in [-0.2, -0.15) is 0 Å². The van der Waals surface area contributed by atoms with Crippen molar-refractivity contribution >= 4 is 43.5 Å². The summed E-state index contributed by atoms with van der Waals surface area (Å²) in [4.78, 5) is 0. The molecule has 0 N–H and O–H groups in total. The zero-order valence-corrected chi connectivity index (χ0v) is 9.71. The summed E-state index contributed by atoms with van der Waals surface area (Å²) < 4.78 is 2.20. The van der Waals surface area contributed by atoms with Crippen LogP contribution in [0.2, 0.25) is 0 Å². The Morgan fingerprint density at radius 3 is 2.64 bits per heavy atom. The van der Waals surface area contributed by atoms with Crippen molar-refractivity contribution in [1.29, 1.82) is 0 Å². The molecule has 0 saturated heterocycles. The van der Waals surface area contributed by atoms with Gasteiger partial charge in [-0.3, -0.25) is 0 Å². The van der Waals surface area contributed by atoms with E-state index < -0.39 is 0 Å². The second-order valence-corrected chi connectivity index (χ2v) is 4.18. The van der Waals surface area contributed by atoms with Crippen LogP contribution in [0, 0.1) is 0 Å². The standard InChI is InChI=1S/C8H7Br2Cl/c9-7-3-1-2-6(4-5-11)8(7)10/h1-3H,4-5H2. The molecule has 0 bridgehead atoms. The van der Waals surface area contributed by atoms with Gasteiger partial charge in [0, 0.05) is 14.8 Å². The molecule has 0 amide bonds. The highest BCUT2D eigenvalue weighted by atomic mass is 79.9. The second kappa shape index (κ2) is 4.48. The quantitative estimate of drug-likeness (QED) is 0.724. The summed E-state index contributed by atoms with van der Waals surface area (Å²) >= 11 is 12.5. The number of alkyl halides is 1. The molecule has 11 heavy (non-hydrogen) atoms. The average Bonchev–Trinajstić information content (AvgIpc) is 1.99. The van der Waals surface area contributed by atoms with E-state index in [1.807, 2.05) is 12.1 Å². The molecule has 0 unspecified atom stereocenters. The fourth-order valence-electron chi connectivity index (χ4n) is 0.843. The lowest BCUT2D eigenvalue weighted by atomic mass is 10.2. The van der Waals surface area contributed by atoms with Gasteiger partial charge in [-0.05, 0) is 49.9 Å². The van der Waals surface area contributed by atoms with Gasteiger partial charge in [0.25, 0.3) is 0 Å². The average molecular weight is 298 g/mol. The van der Waals surface area contributed by atoms with Gasteiger partial charge in [-0.25, -0.2) is 0 Å². The molecular formula is C8H7Br2Cl. The van der Waals surface area contributed by atoms with Crippen molar-refractivity contribution in [3.8, 4) is 0 Å². The third-order valence-electron chi connectivity index (χ3n) is 1.40. The van der Waals surface area contributed by atoms with Crippen molar-refractivity contribution < 1.29 is 0 Å². The van der Waals surface area contributed by atoms with Crippen molar-refractivity contribution in [3.63, 3.8) is 0 Å². The number of benzene rings is 1. The lowest BCUT2D eigenvalue weighted by molar-refractivity contribution is 1.13. The first-order valence-electron chi connectivity index (χ1n) is 3.24.